The molecule has 2 aromatic rings. The Morgan fingerprint density at radius 1 is 1.29 bits per heavy atom. The molecule has 1 unspecified atom stereocenters. The number of fused-ring (bicyclic) bond motifs is 1. The van der Waals surface area contributed by atoms with Crippen LogP contribution in [-0.2, 0) is 0 Å². The normalized spacial score (nSPS) is 17.2. The number of aromatic nitrogens is 3. The van der Waals surface area contributed by atoms with Crippen LogP contribution in [0.2, 0.25) is 0 Å². The van der Waals surface area contributed by atoms with E-state index in [0.717, 1.165) is 5.56 Å². The maximum atomic E-state index is 12.1. The van der Waals surface area contributed by atoms with E-state index in [-0.39, 0.29) is 11.2 Å². The first kappa shape index (κ1) is 13.7. The van der Waals surface area contributed by atoms with Crippen LogP contribution in [0.3, 0.4) is 0 Å². The first-order valence-electron chi connectivity index (χ1n) is 6.24. The first-order valence-corrected chi connectivity index (χ1v) is 7.12. The van der Waals surface area contributed by atoms with E-state index in [9.17, 15) is 4.79 Å². The van der Waals surface area contributed by atoms with Gasteiger partial charge in [0.25, 0.3) is 5.91 Å². The van der Waals surface area contributed by atoms with E-state index in [0.29, 0.717) is 16.7 Å². The van der Waals surface area contributed by atoms with Gasteiger partial charge in [-0.3, -0.25) is 4.79 Å². The zero-order valence-electron chi connectivity index (χ0n) is 11.5. The minimum absolute atomic E-state index is 0.0308. The van der Waals surface area contributed by atoms with Crippen molar-refractivity contribution < 1.29 is 14.3 Å². The Bertz CT molecular complexity index is 711. The highest BCUT2D eigenvalue weighted by Gasteiger charge is 2.30. The molecule has 1 aliphatic heterocycles. The third-order valence-corrected chi connectivity index (χ3v) is 4.20. The van der Waals surface area contributed by atoms with Crippen LogP contribution in [0.4, 0.5) is 0 Å². The summed E-state index contributed by atoms with van der Waals surface area (Å²) in [7, 11) is 3.18. The molecule has 1 atom stereocenters. The van der Waals surface area contributed by atoms with Crippen LogP contribution in [0.5, 0.6) is 11.5 Å². The van der Waals surface area contributed by atoms with E-state index >= 15 is 0 Å². The quantitative estimate of drug-likeness (QED) is 0.862. The molecule has 0 radical (unpaired) electrons. The molecule has 0 saturated heterocycles. The molecular weight excluding hydrogens is 290 g/mol. The lowest BCUT2D eigenvalue weighted by molar-refractivity contribution is 0.0921. The molecule has 2 heterocycles. The highest BCUT2D eigenvalue weighted by Crippen LogP contribution is 2.32. The zero-order chi connectivity index (χ0) is 14.8. The van der Waals surface area contributed by atoms with Crippen LogP contribution in [0.25, 0.3) is 6.08 Å². The van der Waals surface area contributed by atoms with Gasteiger partial charge < -0.3 is 9.47 Å². The van der Waals surface area contributed by atoms with Crippen molar-refractivity contribution in [3.8, 4) is 11.5 Å². The van der Waals surface area contributed by atoms with E-state index in [1.165, 1.54) is 22.7 Å². The lowest BCUT2D eigenvalue weighted by Crippen LogP contribution is -2.14. The maximum Gasteiger partial charge on any atom is 0.251 e. The molecule has 0 amide bonds. The fourth-order valence-corrected chi connectivity index (χ4v) is 2.98. The second-order valence-electron chi connectivity index (χ2n) is 4.33. The fraction of sp³-hybridized carbons (Fsp3) is 0.214. The van der Waals surface area contributed by atoms with Gasteiger partial charge in [-0.2, -0.15) is 0 Å². The summed E-state index contributed by atoms with van der Waals surface area (Å²) >= 11 is 1.38. The standard InChI is InChI=1S/C14H13N3O3S/c1-19-10-5-3-9(7-11(10)20-2)4-6-12-13(18)17-8-15-16-14(17)21-12/h3-8,12H,1-2H3/b6-4-. The van der Waals surface area contributed by atoms with Crippen molar-refractivity contribution in [3.63, 3.8) is 0 Å². The van der Waals surface area contributed by atoms with Crippen molar-refractivity contribution in [2.24, 2.45) is 0 Å². The number of hydrogen-bond acceptors (Lipinski definition) is 6. The minimum atomic E-state index is -0.274. The van der Waals surface area contributed by atoms with Crippen LogP contribution in [0.1, 0.15) is 10.4 Å². The van der Waals surface area contributed by atoms with Crippen molar-refractivity contribution in [2.75, 3.05) is 14.2 Å². The number of rotatable bonds is 4. The highest BCUT2D eigenvalue weighted by molar-refractivity contribution is 8.01. The van der Waals surface area contributed by atoms with E-state index in [4.69, 9.17) is 9.47 Å². The van der Waals surface area contributed by atoms with Gasteiger partial charge in [0.2, 0.25) is 0 Å². The molecule has 3 rings (SSSR count). The number of ether oxygens (including phenoxy) is 2. The zero-order valence-corrected chi connectivity index (χ0v) is 12.3. The van der Waals surface area contributed by atoms with Gasteiger partial charge in [-0.15, -0.1) is 10.2 Å². The van der Waals surface area contributed by atoms with Gasteiger partial charge in [0.15, 0.2) is 16.7 Å². The summed E-state index contributed by atoms with van der Waals surface area (Å²) in [6, 6.07) is 5.60. The summed E-state index contributed by atoms with van der Waals surface area (Å²) in [4.78, 5) is 12.1. The molecule has 108 valence electrons. The Morgan fingerprint density at radius 2 is 2.10 bits per heavy atom. The third-order valence-electron chi connectivity index (χ3n) is 3.10. The smallest absolute Gasteiger partial charge is 0.251 e. The van der Waals surface area contributed by atoms with Crippen LogP contribution in [0, 0.1) is 0 Å². The Kier molecular flexibility index (Phi) is 3.66. The van der Waals surface area contributed by atoms with Crippen LogP contribution in [-0.4, -0.2) is 40.1 Å². The monoisotopic (exact) mass is 303 g/mol. The van der Waals surface area contributed by atoms with E-state index < -0.39 is 0 Å². The molecule has 0 saturated carbocycles. The summed E-state index contributed by atoms with van der Waals surface area (Å²) in [5, 5.41) is 7.95. The molecule has 6 nitrogen and oxygen atoms in total. The number of carbonyl (C=O) groups excluding carboxylic acids is 1. The minimum Gasteiger partial charge on any atom is -0.493 e. The number of carbonyl (C=O) groups is 1. The van der Waals surface area contributed by atoms with E-state index in [1.807, 2.05) is 30.4 Å². The molecule has 0 aliphatic carbocycles. The number of nitrogens with zero attached hydrogens (tertiary/aromatic N) is 3. The molecule has 1 aliphatic rings. The second-order valence-corrected chi connectivity index (χ2v) is 5.44. The van der Waals surface area contributed by atoms with Gasteiger partial charge in [0.05, 0.1) is 14.2 Å². The Labute approximate surface area is 125 Å². The summed E-state index contributed by atoms with van der Waals surface area (Å²) in [6.07, 6.45) is 5.18. The van der Waals surface area contributed by atoms with Crippen molar-refractivity contribution in [3.05, 3.63) is 36.2 Å². The largest absolute Gasteiger partial charge is 0.493 e. The Balaban J connectivity index is 1.78. The van der Waals surface area contributed by atoms with Gasteiger partial charge in [-0.1, -0.05) is 30.0 Å². The molecule has 7 heteroatoms. The van der Waals surface area contributed by atoms with Crippen molar-refractivity contribution in [1.82, 2.24) is 14.8 Å². The predicted octanol–water partition coefficient (Wildman–Crippen LogP) is 2.12. The summed E-state index contributed by atoms with van der Waals surface area (Å²) in [5.41, 5.74) is 0.934. The number of benzene rings is 1. The number of hydrogen-bond donors (Lipinski definition) is 0. The molecule has 1 aromatic heterocycles. The Morgan fingerprint density at radius 3 is 2.81 bits per heavy atom. The van der Waals surface area contributed by atoms with Crippen molar-refractivity contribution in [1.29, 1.82) is 0 Å². The predicted molar refractivity (Wildman–Crippen MR) is 78.9 cm³/mol. The lowest BCUT2D eigenvalue weighted by atomic mass is 10.1. The maximum absolute atomic E-state index is 12.1. The molecule has 0 N–H and O–H groups in total. The van der Waals surface area contributed by atoms with Gasteiger partial charge in [0.1, 0.15) is 11.6 Å². The summed E-state index contributed by atoms with van der Waals surface area (Å²) in [6.45, 7) is 0. The number of methoxy groups -OCH3 is 2. The highest BCUT2D eigenvalue weighted by atomic mass is 32.2. The average molecular weight is 303 g/mol. The van der Waals surface area contributed by atoms with Crippen LogP contribution < -0.4 is 9.47 Å². The first-order chi connectivity index (χ1) is 10.2. The fourth-order valence-electron chi connectivity index (χ4n) is 2.03. The van der Waals surface area contributed by atoms with Crippen LogP contribution >= 0.6 is 11.8 Å². The molecule has 0 spiro atoms. The second kappa shape index (κ2) is 5.61. The van der Waals surface area contributed by atoms with Gasteiger partial charge in [-0.05, 0) is 17.7 Å². The van der Waals surface area contributed by atoms with Crippen LogP contribution in [0.15, 0.2) is 35.8 Å². The van der Waals surface area contributed by atoms with Crippen molar-refractivity contribution >= 4 is 23.7 Å². The van der Waals surface area contributed by atoms with Gasteiger partial charge >= 0.3 is 0 Å². The topological polar surface area (TPSA) is 66.2 Å². The molecule has 1 aromatic carbocycles. The molecule has 21 heavy (non-hydrogen) atoms. The molecular formula is C14H13N3O3S. The Hall–Kier alpha value is -2.28. The number of thioether (sulfide) groups is 1. The van der Waals surface area contributed by atoms with E-state index in [1.54, 1.807) is 14.2 Å². The van der Waals surface area contributed by atoms with Crippen molar-refractivity contribution in [2.45, 2.75) is 10.4 Å². The molecule has 0 fully saturated rings. The lowest BCUT2D eigenvalue weighted by Gasteiger charge is -2.07. The van der Waals surface area contributed by atoms with Gasteiger partial charge in [0, 0.05) is 0 Å². The van der Waals surface area contributed by atoms with E-state index in [2.05, 4.69) is 10.2 Å². The third kappa shape index (κ3) is 2.52. The average Bonchev–Trinajstić information content (AvgIpc) is 3.08. The van der Waals surface area contributed by atoms with Gasteiger partial charge in [-0.25, -0.2) is 4.57 Å². The molecule has 0 bridgehead atoms. The summed E-state index contributed by atoms with van der Waals surface area (Å²) < 4.78 is 11.9. The SMILES string of the molecule is COc1ccc(/C=C\C2Sc3nncn3C2=O)cc1OC. The summed E-state index contributed by atoms with van der Waals surface area (Å²) in [5.74, 6) is 1.30.